The minimum Gasteiger partial charge on any atom is -0.491 e. The minimum atomic E-state index is 0.0522. The van der Waals surface area contributed by atoms with Crippen LogP contribution in [0, 0.1) is 19.8 Å². The fraction of sp³-hybridized carbons (Fsp3) is 0.600. The van der Waals surface area contributed by atoms with Crippen LogP contribution in [0.25, 0.3) is 0 Å². The van der Waals surface area contributed by atoms with Crippen LogP contribution in [0.1, 0.15) is 30.5 Å². The van der Waals surface area contributed by atoms with Crippen molar-refractivity contribution in [1.29, 1.82) is 0 Å². The largest absolute Gasteiger partial charge is 0.491 e. The van der Waals surface area contributed by atoms with E-state index in [1.807, 2.05) is 13.8 Å². The predicted molar refractivity (Wildman–Crippen MR) is 75.0 cm³/mol. The number of rotatable bonds is 7. The van der Waals surface area contributed by atoms with Gasteiger partial charge in [0.2, 0.25) is 0 Å². The van der Waals surface area contributed by atoms with Gasteiger partial charge in [-0.15, -0.1) is 0 Å². The average Bonchev–Trinajstić information content (AvgIpc) is 2.27. The highest BCUT2D eigenvalue weighted by Crippen LogP contribution is 2.24. The van der Waals surface area contributed by atoms with Crippen LogP contribution in [-0.2, 0) is 6.54 Å². The molecule has 0 amide bonds. The van der Waals surface area contributed by atoms with Gasteiger partial charge in [-0.05, 0) is 43.0 Å². The van der Waals surface area contributed by atoms with Crippen molar-refractivity contribution in [2.24, 2.45) is 5.92 Å². The minimum absolute atomic E-state index is 0.0522. The highest BCUT2D eigenvalue weighted by atomic mass is 16.5. The van der Waals surface area contributed by atoms with Crippen molar-refractivity contribution in [3.8, 4) is 5.75 Å². The molecule has 102 valence electrons. The molecule has 3 heteroatoms. The van der Waals surface area contributed by atoms with Gasteiger partial charge < -0.3 is 15.2 Å². The third-order valence-corrected chi connectivity index (χ3v) is 2.74. The second-order valence-corrected chi connectivity index (χ2v) is 5.16. The lowest BCUT2D eigenvalue weighted by molar-refractivity contribution is 0.200. The Morgan fingerprint density at radius 3 is 2.33 bits per heavy atom. The molecular formula is C15H25NO2. The normalized spacial score (nSPS) is 11.0. The highest BCUT2D eigenvalue weighted by molar-refractivity contribution is 5.43. The maximum Gasteiger partial charge on any atom is 0.125 e. The molecular weight excluding hydrogens is 226 g/mol. The van der Waals surface area contributed by atoms with Crippen molar-refractivity contribution in [2.45, 2.75) is 34.2 Å². The van der Waals surface area contributed by atoms with Crippen LogP contribution in [0.4, 0.5) is 0 Å². The molecule has 0 radical (unpaired) electrons. The predicted octanol–water partition coefficient (Wildman–Crippen LogP) is 2.42. The molecule has 0 spiro atoms. The lowest BCUT2D eigenvalue weighted by atomic mass is 10.1. The number of aliphatic hydroxyl groups excluding tert-OH is 1. The van der Waals surface area contributed by atoms with Crippen molar-refractivity contribution >= 4 is 0 Å². The topological polar surface area (TPSA) is 41.5 Å². The Kier molecular flexibility index (Phi) is 6.16. The number of hydrogen-bond acceptors (Lipinski definition) is 3. The van der Waals surface area contributed by atoms with E-state index in [2.05, 4.69) is 31.3 Å². The Bertz CT molecular complexity index is 352. The first-order valence-electron chi connectivity index (χ1n) is 6.59. The Balaban J connectivity index is 2.67. The van der Waals surface area contributed by atoms with E-state index in [0.717, 1.165) is 30.0 Å². The number of hydrogen-bond donors (Lipinski definition) is 2. The van der Waals surface area contributed by atoms with E-state index in [-0.39, 0.29) is 6.61 Å². The van der Waals surface area contributed by atoms with Crippen LogP contribution in [0.3, 0.4) is 0 Å². The molecule has 1 rings (SSSR count). The van der Waals surface area contributed by atoms with E-state index in [9.17, 15) is 0 Å². The molecule has 0 fully saturated rings. The quantitative estimate of drug-likeness (QED) is 0.782. The summed E-state index contributed by atoms with van der Waals surface area (Å²) in [6, 6.07) is 4.29. The smallest absolute Gasteiger partial charge is 0.125 e. The first kappa shape index (κ1) is 15.0. The molecule has 0 unspecified atom stereocenters. The maximum absolute atomic E-state index is 8.80. The molecule has 1 aromatic rings. The van der Waals surface area contributed by atoms with Crippen molar-refractivity contribution < 1.29 is 9.84 Å². The van der Waals surface area contributed by atoms with E-state index in [4.69, 9.17) is 9.84 Å². The lowest BCUT2D eigenvalue weighted by Gasteiger charge is -2.14. The zero-order chi connectivity index (χ0) is 13.5. The molecule has 0 saturated heterocycles. The zero-order valence-corrected chi connectivity index (χ0v) is 11.9. The molecule has 1 aromatic carbocycles. The van der Waals surface area contributed by atoms with E-state index in [0.29, 0.717) is 12.5 Å². The van der Waals surface area contributed by atoms with Gasteiger partial charge in [0, 0.05) is 6.54 Å². The van der Waals surface area contributed by atoms with Crippen LogP contribution in [0.15, 0.2) is 12.1 Å². The van der Waals surface area contributed by atoms with Crippen molar-refractivity contribution in [3.05, 3.63) is 28.8 Å². The number of aryl methyl sites for hydroxylation is 2. The highest BCUT2D eigenvalue weighted by Gasteiger charge is 2.06. The second kappa shape index (κ2) is 7.39. The summed E-state index contributed by atoms with van der Waals surface area (Å²) in [5.41, 5.74) is 3.54. The zero-order valence-electron chi connectivity index (χ0n) is 11.9. The third kappa shape index (κ3) is 4.67. The third-order valence-electron chi connectivity index (χ3n) is 2.74. The van der Waals surface area contributed by atoms with Gasteiger partial charge in [0.25, 0.3) is 0 Å². The summed E-state index contributed by atoms with van der Waals surface area (Å²) in [7, 11) is 0. The van der Waals surface area contributed by atoms with Gasteiger partial charge in [-0.1, -0.05) is 26.0 Å². The van der Waals surface area contributed by atoms with Gasteiger partial charge in [-0.25, -0.2) is 0 Å². The van der Waals surface area contributed by atoms with Crippen LogP contribution < -0.4 is 10.1 Å². The number of benzene rings is 1. The molecule has 0 saturated carbocycles. The van der Waals surface area contributed by atoms with Crippen LogP contribution >= 0.6 is 0 Å². The second-order valence-electron chi connectivity index (χ2n) is 5.16. The van der Waals surface area contributed by atoms with Crippen molar-refractivity contribution in [3.63, 3.8) is 0 Å². The van der Waals surface area contributed by atoms with Crippen LogP contribution in [0.2, 0.25) is 0 Å². The fourth-order valence-corrected chi connectivity index (χ4v) is 2.02. The summed E-state index contributed by atoms with van der Waals surface area (Å²) in [5, 5.41) is 12.2. The number of aliphatic hydroxyl groups is 1. The van der Waals surface area contributed by atoms with Gasteiger partial charge in [0.1, 0.15) is 12.4 Å². The van der Waals surface area contributed by atoms with Gasteiger partial charge in [0.05, 0.1) is 6.61 Å². The SMILES string of the molecule is Cc1cc(CNCC(C)C)cc(C)c1OCCO. The summed E-state index contributed by atoms with van der Waals surface area (Å²) in [6.45, 7) is 10.8. The standard InChI is InChI=1S/C15H25NO2/c1-11(2)9-16-10-14-7-12(3)15(13(4)8-14)18-6-5-17/h7-8,11,16-17H,5-6,9-10H2,1-4H3. The van der Waals surface area contributed by atoms with Crippen LogP contribution in [0.5, 0.6) is 5.75 Å². The average molecular weight is 251 g/mol. The van der Waals surface area contributed by atoms with E-state index in [1.165, 1.54) is 5.56 Å². The molecule has 0 atom stereocenters. The first-order chi connectivity index (χ1) is 8.54. The van der Waals surface area contributed by atoms with Crippen LogP contribution in [-0.4, -0.2) is 24.9 Å². The number of ether oxygens (including phenoxy) is 1. The molecule has 0 aliphatic heterocycles. The van der Waals surface area contributed by atoms with Gasteiger partial charge in [0.15, 0.2) is 0 Å². The Labute approximate surface area is 110 Å². The Morgan fingerprint density at radius 2 is 1.83 bits per heavy atom. The Hall–Kier alpha value is -1.06. The summed E-state index contributed by atoms with van der Waals surface area (Å²) < 4.78 is 5.54. The van der Waals surface area contributed by atoms with E-state index in [1.54, 1.807) is 0 Å². The Morgan fingerprint density at radius 1 is 1.22 bits per heavy atom. The number of nitrogens with one attached hydrogen (secondary N) is 1. The van der Waals surface area contributed by atoms with E-state index < -0.39 is 0 Å². The summed E-state index contributed by atoms with van der Waals surface area (Å²) >= 11 is 0. The monoisotopic (exact) mass is 251 g/mol. The maximum atomic E-state index is 8.80. The van der Waals surface area contributed by atoms with Gasteiger partial charge in [-0.2, -0.15) is 0 Å². The van der Waals surface area contributed by atoms with Gasteiger partial charge in [-0.3, -0.25) is 0 Å². The summed E-state index contributed by atoms with van der Waals surface area (Å²) in [4.78, 5) is 0. The molecule has 0 aliphatic carbocycles. The molecule has 0 aromatic heterocycles. The van der Waals surface area contributed by atoms with Crippen molar-refractivity contribution in [2.75, 3.05) is 19.8 Å². The summed E-state index contributed by atoms with van der Waals surface area (Å²) in [6.07, 6.45) is 0. The summed E-state index contributed by atoms with van der Waals surface area (Å²) in [5.74, 6) is 1.57. The fourth-order valence-electron chi connectivity index (χ4n) is 2.02. The molecule has 0 bridgehead atoms. The first-order valence-corrected chi connectivity index (χ1v) is 6.59. The molecule has 0 aliphatic rings. The van der Waals surface area contributed by atoms with E-state index >= 15 is 0 Å². The molecule has 3 nitrogen and oxygen atoms in total. The molecule has 18 heavy (non-hydrogen) atoms. The van der Waals surface area contributed by atoms with Crippen molar-refractivity contribution in [1.82, 2.24) is 5.32 Å². The lowest BCUT2D eigenvalue weighted by Crippen LogP contribution is -2.19. The molecule has 0 heterocycles. The molecule has 2 N–H and O–H groups in total. The van der Waals surface area contributed by atoms with Gasteiger partial charge >= 0.3 is 0 Å².